The van der Waals surface area contributed by atoms with Gasteiger partial charge in [0, 0.05) is 6.54 Å². The van der Waals surface area contributed by atoms with E-state index in [2.05, 4.69) is 10.4 Å². The SMILES string of the molecule is CCn1c(=S)sc2c(=N)n(NC(N)=O)cnc21. The average molecular weight is 270 g/mol. The van der Waals surface area contributed by atoms with E-state index in [1.165, 1.54) is 17.7 Å². The molecule has 4 N–H and O–H groups in total. The van der Waals surface area contributed by atoms with Gasteiger partial charge in [-0.15, -0.1) is 0 Å². The van der Waals surface area contributed by atoms with Crippen LogP contribution in [-0.4, -0.2) is 20.3 Å². The molecule has 2 aromatic heterocycles. The minimum Gasteiger partial charge on any atom is -0.350 e. The van der Waals surface area contributed by atoms with Gasteiger partial charge < -0.3 is 10.3 Å². The van der Waals surface area contributed by atoms with Crippen LogP contribution in [0.25, 0.3) is 10.3 Å². The van der Waals surface area contributed by atoms with Crippen LogP contribution in [0.5, 0.6) is 0 Å². The van der Waals surface area contributed by atoms with Crippen molar-refractivity contribution in [3.8, 4) is 0 Å². The van der Waals surface area contributed by atoms with Crippen molar-refractivity contribution in [2.45, 2.75) is 13.5 Å². The van der Waals surface area contributed by atoms with Gasteiger partial charge in [-0.3, -0.25) is 5.41 Å². The van der Waals surface area contributed by atoms with Crippen LogP contribution in [0.15, 0.2) is 6.33 Å². The molecule has 2 aromatic rings. The van der Waals surface area contributed by atoms with Gasteiger partial charge in [-0.2, -0.15) is 0 Å². The molecular weight excluding hydrogens is 260 g/mol. The molecule has 2 rings (SSSR count). The van der Waals surface area contributed by atoms with E-state index in [1.54, 1.807) is 0 Å². The Bertz CT molecular complexity index is 696. The summed E-state index contributed by atoms with van der Waals surface area (Å²) in [6.07, 6.45) is 1.34. The molecule has 0 unspecified atom stereocenters. The molecule has 0 fully saturated rings. The number of carbonyl (C=O) groups is 1. The number of aryl methyl sites for hydroxylation is 1. The number of urea groups is 1. The van der Waals surface area contributed by atoms with E-state index in [4.69, 9.17) is 23.4 Å². The van der Waals surface area contributed by atoms with Crippen molar-refractivity contribution < 1.29 is 4.79 Å². The molecule has 0 aromatic carbocycles. The maximum absolute atomic E-state index is 10.7. The smallest absolute Gasteiger partial charge is 0.331 e. The molecule has 90 valence electrons. The van der Waals surface area contributed by atoms with Gasteiger partial charge in [0.15, 0.2) is 15.1 Å². The van der Waals surface area contributed by atoms with Crippen LogP contribution in [0.4, 0.5) is 4.79 Å². The molecule has 0 aliphatic rings. The van der Waals surface area contributed by atoms with E-state index in [-0.39, 0.29) is 5.49 Å². The second-order valence-electron chi connectivity index (χ2n) is 3.20. The van der Waals surface area contributed by atoms with Crippen LogP contribution >= 0.6 is 23.6 Å². The first-order valence-electron chi connectivity index (χ1n) is 4.76. The van der Waals surface area contributed by atoms with Crippen molar-refractivity contribution >= 4 is 39.9 Å². The Kier molecular flexibility index (Phi) is 2.94. The van der Waals surface area contributed by atoms with Gasteiger partial charge in [-0.1, -0.05) is 11.3 Å². The Balaban J connectivity index is 2.73. The highest BCUT2D eigenvalue weighted by Crippen LogP contribution is 2.16. The summed E-state index contributed by atoms with van der Waals surface area (Å²) in [4.78, 5) is 14.9. The summed E-state index contributed by atoms with van der Waals surface area (Å²) in [5.74, 6) is 0. The first-order chi connectivity index (χ1) is 8.04. The number of amides is 2. The Hall–Kier alpha value is -1.74. The number of hydrogen-bond donors (Lipinski definition) is 3. The Morgan fingerprint density at radius 2 is 2.47 bits per heavy atom. The maximum atomic E-state index is 10.7. The number of rotatable bonds is 2. The standard InChI is InChI=1S/C8H10N6OS2/c1-2-13-6-4(17-8(13)16)5(9)14(3-11-6)12-7(10)15/h3,9H,2H2,1H3,(H3,10,12,15). The van der Waals surface area contributed by atoms with Crippen LogP contribution in [0.3, 0.4) is 0 Å². The molecule has 2 heterocycles. The number of nitrogens with zero attached hydrogens (tertiary/aromatic N) is 3. The molecule has 0 aliphatic heterocycles. The molecule has 0 aliphatic carbocycles. The fraction of sp³-hybridized carbons (Fsp3) is 0.250. The summed E-state index contributed by atoms with van der Waals surface area (Å²) in [5.41, 5.74) is 8.03. The lowest BCUT2D eigenvalue weighted by atomic mass is 10.5. The second kappa shape index (κ2) is 4.26. The van der Waals surface area contributed by atoms with Crippen LogP contribution in [0, 0.1) is 9.36 Å². The quantitative estimate of drug-likeness (QED) is 0.702. The second-order valence-corrected chi connectivity index (χ2v) is 4.85. The molecule has 0 saturated heterocycles. The monoisotopic (exact) mass is 270 g/mol. The summed E-state index contributed by atoms with van der Waals surface area (Å²) in [7, 11) is 0. The number of carbonyl (C=O) groups excluding carboxylic acids is 1. The highest BCUT2D eigenvalue weighted by Gasteiger charge is 2.09. The predicted molar refractivity (Wildman–Crippen MR) is 66.9 cm³/mol. The fourth-order valence-electron chi connectivity index (χ4n) is 1.44. The third-order valence-electron chi connectivity index (χ3n) is 2.17. The summed E-state index contributed by atoms with van der Waals surface area (Å²) in [6, 6.07) is -0.747. The Morgan fingerprint density at radius 1 is 1.76 bits per heavy atom. The van der Waals surface area contributed by atoms with Gasteiger partial charge in [0.25, 0.3) is 0 Å². The third kappa shape index (κ3) is 1.94. The van der Waals surface area contributed by atoms with Gasteiger partial charge in [0.2, 0.25) is 0 Å². The van der Waals surface area contributed by atoms with E-state index in [0.29, 0.717) is 20.8 Å². The first-order valence-corrected chi connectivity index (χ1v) is 5.99. The molecule has 0 radical (unpaired) electrons. The molecule has 7 nitrogen and oxygen atoms in total. The van der Waals surface area contributed by atoms with E-state index in [9.17, 15) is 4.79 Å². The number of fused-ring (bicyclic) bond motifs is 1. The lowest BCUT2D eigenvalue weighted by molar-refractivity contribution is 0.256. The molecule has 0 atom stereocenters. The Labute approximate surface area is 105 Å². The summed E-state index contributed by atoms with van der Waals surface area (Å²) >= 11 is 6.47. The lowest BCUT2D eigenvalue weighted by Gasteiger charge is -2.06. The minimum absolute atomic E-state index is 0.108. The third-order valence-corrected chi connectivity index (χ3v) is 3.61. The van der Waals surface area contributed by atoms with Gasteiger partial charge in [-0.25, -0.2) is 19.9 Å². The number of primary amides is 1. The van der Waals surface area contributed by atoms with Crippen molar-refractivity contribution in [3.63, 3.8) is 0 Å². The van der Waals surface area contributed by atoms with Crippen LogP contribution in [-0.2, 0) is 6.54 Å². The molecular formula is C8H10N6OS2. The maximum Gasteiger partial charge on any atom is 0.331 e. The zero-order valence-electron chi connectivity index (χ0n) is 8.93. The molecule has 2 amide bonds. The van der Waals surface area contributed by atoms with E-state index < -0.39 is 6.03 Å². The minimum atomic E-state index is -0.747. The number of hydrogen-bond acceptors (Lipinski definition) is 5. The number of nitrogens with two attached hydrogens (primary N) is 1. The molecule has 9 heteroatoms. The van der Waals surface area contributed by atoms with Crippen LogP contribution in [0.2, 0.25) is 0 Å². The number of nitrogens with one attached hydrogen (secondary N) is 2. The largest absolute Gasteiger partial charge is 0.350 e. The van der Waals surface area contributed by atoms with Crippen LogP contribution < -0.4 is 16.6 Å². The van der Waals surface area contributed by atoms with Gasteiger partial charge in [-0.05, 0) is 19.1 Å². The number of thiazole rings is 1. The van der Waals surface area contributed by atoms with Crippen molar-refractivity contribution in [2.75, 3.05) is 5.43 Å². The highest BCUT2D eigenvalue weighted by molar-refractivity contribution is 7.73. The first kappa shape index (κ1) is 11.7. The summed E-state index contributed by atoms with van der Waals surface area (Å²) < 4.78 is 4.27. The van der Waals surface area contributed by atoms with Crippen molar-refractivity contribution in [1.29, 1.82) is 5.41 Å². The predicted octanol–water partition coefficient (Wildman–Crippen LogP) is 0.750. The summed E-state index contributed by atoms with van der Waals surface area (Å²) in [6.45, 7) is 2.65. The molecule has 0 bridgehead atoms. The average Bonchev–Trinajstić information content (AvgIpc) is 2.58. The summed E-state index contributed by atoms with van der Waals surface area (Å²) in [5, 5.41) is 7.92. The van der Waals surface area contributed by atoms with E-state index in [1.807, 2.05) is 11.5 Å². The lowest BCUT2D eigenvalue weighted by Crippen LogP contribution is -2.36. The fourth-order valence-corrected chi connectivity index (χ4v) is 2.86. The van der Waals surface area contributed by atoms with Crippen molar-refractivity contribution in [2.24, 2.45) is 5.73 Å². The molecule has 0 saturated carbocycles. The van der Waals surface area contributed by atoms with Crippen molar-refractivity contribution in [1.82, 2.24) is 14.2 Å². The van der Waals surface area contributed by atoms with Crippen LogP contribution in [0.1, 0.15) is 6.92 Å². The van der Waals surface area contributed by atoms with Gasteiger partial charge in [0.1, 0.15) is 11.0 Å². The number of aromatic nitrogens is 3. The van der Waals surface area contributed by atoms with E-state index in [0.717, 1.165) is 4.68 Å². The Morgan fingerprint density at radius 3 is 3.06 bits per heavy atom. The van der Waals surface area contributed by atoms with Gasteiger partial charge >= 0.3 is 6.03 Å². The van der Waals surface area contributed by atoms with E-state index >= 15 is 0 Å². The zero-order chi connectivity index (χ0) is 12.6. The highest BCUT2D eigenvalue weighted by atomic mass is 32.1. The molecule has 17 heavy (non-hydrogen) atoms. The topological polar surface area (TPSA) is 102 Å². The van der Waals surface area contributed by atoms with Crippen molar-refractivity contribution in [3.05, 3.63) is 15.8 Å². The molecule has 0 spiro atoms. The normalized spacial score (nSPS) is 10.6. The van der Waals surface area contributed by atoms with Gasteiger partial charge in [0.05, 0.1) is 0 Å². The zero-order valence-corrected chi connectivity index (χ0v) is 10.6.